The molecule has 0 bridgehead atoms. The second kappa shape index (κ2) is 5.56. The number of para-hydroxylation sites is 1. The molecule has 0 fully saturated rings. The highest BCUT2D eigenvalue weighted by Crippen LogP contribution is 2.34. The number of benzene rings is 2. The van der Waals surface area contributed by atoms with Crippen molar-refractivity contribution in [3.05, 3.63) is 59.4 Å². The highest BCUT2D eigenvalue weighted by molar-refractivity contribution is 5.95. The summed E-state index contributed by atoms with van der Waals surface area (Å²) in [5.74, 6) is -0.448. The van der Waals surface area contributed by atoms with Gasteiger partial charge in [-0.05, 0) is 49.1 Å². The number of hydrogen-bond donors (Lipinski definition) is 2. The van der Waals surface area contributed by atoms with Gasteiger partial charge in [0.2, 0.25) is 0 Å². The van der Waals surface area contributed by atoms with Crippen molar-refractivity contribution in [3.8, 4) is 0 Å². The van der Waals surface area contributed by atoms with Gasteiger partial charge in [0, 0.05) is 17.8 Å². The van der Waals surface area contributed by atoms with E-state index in [1.807, 2.05) is 23.1 Å². The quantitative estimate of drug-likeness (QED) is 0.653. The van der Waals surface area contributed by atoms with Gasteiger partial charge in [0.15, 0.2) is 0 Å². The second-order valence-electron chi connectivity index (χ2n) is 5.32. The lowest BCUT2D eigenvalue weighted by atomic mass is 10.1. The smallest absolute Gasteiger partial charge is 0.147 e. The highest BCUT2D eigenvalue weighted by Gasteiger charge is 2.19. The van der Waals surface area contributed by atoms with Crippen LogP contribution in [-0.4, -0.2) is 12.4 Å². The molecule has 0 amide bonds. The van der Waals surface area contributed by atoms with Crippen LogP contribution >= 0.6 is 0 Å². The Labute approximate surface area is 123 Å². The molecule has 2 aromatic rings. The summed E-state index contributed by atoms with van der Waals surface area (Å²) in [7, 11) is 0. The number of nitrogens with one attached hydrogen (secondary N) is 1. The van der Waals surface area contributed by atoms with Gasteiger partial charge in [-0.3, -0.25) is 5.41 Å². The molecule has 1 aliphatic rings. The average molecular weight is 283 g/mol. The molecule has 3 nitrogen and oxygen atoms in total. The van der Waals surface area contributed by atoms with Crippen LogP contribution in [0, 0.1) is 11.2 Å². The maximum Gasteiger partial charge on any atom is 0.147 e. The summed E-state index contributed by atoms with van der Waals surface area (Å²) in [6, 6.07) is 12.9. The monoisotopic (exact) mass is 283 g/mol. The minimum absolute atomic E-state index is 0.114. The SMILES string of the molecule is N=C(N)c1ccc(N2CCCCc3ccccc32)c(F)c1. The average Bonchev–Trinajstić information content (AvgIpc) is 2.69. The molecule has 4 heteroatoms. The number of aryl methyl sites for hydroxylation is 1. The van der Waals surface area contributed by atoms with E-state index in [0.717, 1.165) is 31.5 Å². The van der Waals surface area contributed by atoms with Crippen LogP contribution in [-0.2, 0) is 6.42 Å². The summed E-state index contributed by atoms with van der Waals surface area (Å²) in [6.07, 6.45) is 3.17. The fraction of sp³-hybridized carbons (Fsp3) is 0.235. The van der Waals surface area contributed by atoms with E-state index >= 15 is 0 Å². The van der Waals surface area contributed by atoms with Crippen molar-refractivity contribution in [3.63, 3.8) is 0 Å². The van der Waals surface area contributed by atoms with Gasteiger partial charge in [-0.15, -0.1) is 0 Å². The molecule has 0 saturated heterocycles. The lowest BCUT2D eigenvalue weighted by molar-refractivity contribution is 0.623. The molecule has 0 radical (unpaired) electrons. The van der Waals surface area contributed by atoms with Crippen LogP contribution in [0.1, 0.15) is 24.0 Å². The molecule has 0 aromatic heterocycles. The Morgan fingerprint density at radius 3 is 2.67 bits per heavy atom. The standard InChI is InChI=1S/C17H18FN3/c18-14-11-13(17(19)20)8-9-16(14)21-10-4-3-6-12-5-1-2-7-15(12)21/h1-2,5,7-9,11H,3-4,6,10H2,(H3,19,20). The minimum atomic E-state index is -0.334. The summed E-state index contributed by atoms with van der Waals surface area (Å²) in [4.78, 5) is 2.03. The number of anilines is 2. The third-order valence-electron chi connectivity index (χ3n) is 3.91. The molecule has 2 aromatic carbocycles. The summed E-state index contributed by atoms with van der Waals surface area (Å²) < 4.78 is 14.4. The van der Waals surface area contributed by atoms with Crippen molar-refractivity contribution >= 4 is 17.2 Å². The zero-order chi connectivity index (χ0) is 14.8. The van der Waals surface area contributed by atoms with E-state index in [4.69, 9.17) is 11.1 Å². The fourth-order valence-corrected chi connectivity index (χ4v) is 2.83. The van der Waals surface area contributed by atoms with E-state index in [0.29, 0.717) is 11.3 Å². The van der Waals surface area contributed by atoms with Gasteiger partial charge in [-0.2, -0.15) is 0 Å². The van der Waals surface area contributed by atoms with Crippen molar-refractivity contribution < 1.29 is 4.39 Å². The molecule has 0 spiro atoms. The Hall–Kier alpha value is -2.36. The number of halogens is 1. The third-order valence-corrected chi connectivity index (χ3v) is 3.91. The molecule has 0 unspecified atom stereocenters. The first-order valence-electron chi connectivity index (χ1n) is 7.16. The maximum atomic E-state index is 14.4. The van der Waals surface area contributed by atoms with Gasteiger partial charge < -0.3 is 10.6 Å². The van der Waals surface area contributed by atoms with Crippen molar-refractivity contribution in [2.75, 3.05) is 11.4 Å². The molecule has 3 N–H and O–H groups in total. The van der Waals surface area contributed by atoms with Crippen LogP contribution in [0.15, 0.2) is 42.5 Å². The number of nitrogens with two attached hydrogens (primary N) is 1. The van der Waals surface area contributed by atoms with E-state index in [1.54, 1.807) is 12.1 Å². The Morgan fingerprint density at radius 1 is 1.10 bits per heavy atom. The molecule has 0 saturated carbocycles. The van der Waals surface area contributed by atoms with Crippen molar-refractivity contribution in [1.29, 1.82) is 5.41 Å². The second-order valence-corrected chi connectivity index (χ2v) is 5.32. The predicted octanol–water partition coefficient (Wildman–Crippen LogP) is 3.58. The molecular formula is C17H18FN3. The zero-order valence-corrected chi connectivity index (χ0v) is 11.8. The molecule has 108 valence electrons. The molecule has 0 aliphatic carbocycles. The Balaban J connectivity index is 2.06. The number of rotatable bonds is 2. The van der Waals surface area contributed by atoms with Crippen molar-refractivity contribution in [2.24, 2.45) is 5.73 Å². The van der Waals surface area contributed by atoms with Gasteiger partial charge in [0.05, 0.1) is 5.69 Å². The van der Waals surface area contributed by atoms with E-state index in [-0.39, 0.29) is 11.7 Å². The van der Waals surface area contributed by atoms with E-state index in [9.17, 15) is 4.39 Å². The number of nitrogens with zero attached hydrogens (tertiary/aromatic N) is 1. The number of amidine groups is 1. The van der Waals surface area contributed by atoms with E-state index in [2.05, 4.69) is 6.07 Å². The highest BCUT2D eigenvalue weighted by atomic mass is 19.1. The largest absolute Gasteiger partial charge is 0.384 e. The topological polar surface area (TPSA) is 53.1 Å². The van der Waals surface area contributed by atoms with Crippen molar-refractivity contribution in [2.45, 2.75) is 19.3 Å². The van der Waals surface area contributed by atoms with Gasteiger partial charge in [-0.25, -0.2) is 4.39 Å². The first kappa shape index (κ1) is 13.6. The molecule has 0 atom stereocenters. The summed E-state index contributed by atoms with van der Waals surface area (Å²) in [6.45, 7) is 0.799. The molecule has 1 heterocycles. The Kier molecular flexibility index (Phi) is 3.60. The third kappa shape index (κ3) is 2.61. The van der Waals surface area contributed by atoms with Gasteiger partial charge in [0.25, 0.3) is 0 Å². The van der Waals surface area contributed by atoms with Gasteiger partial charge >= 0.3 is 0 Å². The number of fused-ring (bicyclic) bond motifs is 1. The Morgan fingerprint density at radius 2 is 1.90 bits per heavy atom. The van der Waals surface area contributed by atoms with Crippen LogP contribution in [0.5, 0.6) is 0 Å². The lowest BCUT2D eigenvalue weighted by Gasteiger charge is -2.25. The van der Waals surface area contributed by atoms with Gasteiger partial charge in [0.1, 0.15) is 11.7 Å². The maximum absolute atomic E-state index is 14.4. The van der Waals surface area contributed by atoms with Gasteiger partial charge in [-0.1, -0.05) is 18.2 Å². The molecule has 21 heavy (non-hydrogen) atoms. The van der Waals surface area contributed by atoms with Crippen LogP contribution < -0.4 is 10.6 Å². The normalized spacial score (nSPS) is 14.4. The zero-order valence-electron chi connectivity index (χ0n) is 11.8. The summed E-state index contributed by atoms with van der Waals surface area (Å²) in [5.41, 5.74) is 8.71. The van der Waals surface area contributed by atoms with E-state index < -0.39 is 0 Å². The fourth-order valence-electron chi connectivity index (χ4n) is 2.83. The summed E-state index contributed by atoms with van der Waals surface area (Å²) in [5, 5.41) is 7.40. The van der Waals surface area contributed by atoms with Crippen molar-refractivity contribution in [1.82, 2.24) is 0 Å². The molecule has 1 aliphatic heterocycles. The van der Waals surface area contributed by atoms with Crippen LogP contribution in [0.3, 0.4) is 0 Å². The predicted molar refractivity (Wildman–Crippen MR) is 83.8 cm³/mol. The molecular weight excluding hydrogens is 265 g/mol. The van der Waals surface area contributed by atoms with Crippen LogP contribution in [0.2, 0.25) is 0 Å². The molecule has 3 rings (SSSR count). The first-order valence-corrected chi connectivity index (χ1v) is 7.16. The number of nitrogen functional groups attached to an aromatic ring is 1. The van der Waals surface area contributed by atoms with E-state index in [1.165, 1.54) is 11.6 Å². The Bertz CT molecular complexity index is 681. The first-order chi connectivity index (χ1) is 10.2. The lowest BCUT2D eigenvalue weighted by Crippen LogP contribution is -2.20. The van der Waals surface area contributed by atoms with Crippen LogP contribution in [0.25, 0.3) is 0 Å². The number of hydrogen-bond acceptors (Lipinski definition) is 2. The summed E-state index contributed by atoms with van der Waals surface area (Å²) >= 11 is 0. The minimum Gasteiger partial charge on any atom is -0.384 e. The van der Waals surface area contributed by atoms with Crippen LogP contribution in [0.4, 0.5) is 15.8 Å².